The van der Waals surface area contributed by atoms with Gasteiger partial charge >= 0.3 is 0 Å². The van der Waals surface area contributed by atoms with E-state index in [1.54, 1.807) is 0 Å². The lowest BCUT2D eigenvalue weighted by molar-refractivity contribution is -0.120. The molecule has 116 valence electrons. The number of nitrogens with zero attached hydrogens (tertiary/aromatic N) is 1. The number of anilines is 1. The van der Waals surface area contributed by atoms with Gasteiger partial charge in [0.15, 0.2) is 0 Å². The van der Waals surface area contributed by atoms with E-state index >= 15 is 0 Å². The Morgan fingerprint density at radius 3 is 2.54 bits per heavy atom. The van der Waals surface area contributed by atoms with E-state index in [2.05, 4.69) is 0 Å². The molecule has 0 fully saturated rings. The van der Waals surface area contributed by atoms with Crippen LogP contribution in [-0.2, 0) is 4.79 Å². The molecule has 1 aliphatic carbocycles. The number of rotatable bonds is 1. The first-order chi connectivity index (χ1) is 11.8. The summed E-state index contributed by atoms with van der Waals surface area (Å²) in [6.07, 6.45) is 5.91. The Morgan fingerprint density at radius 2 is 1.71 bits per heavy atom. The largest absolute Gasteiger partial charge is 0.511 e. The normalized spacial score (nSPS) is 23.9. The van der Waals surface area contributed by atoms with Crippen LogP contribution in [-0.4, -0.2) is 17.1 Å². The number of carbonyl (C=O) groups is 1. The van der Waals surface area contributed by atoms with Gasteiger partial charge in [0.05, 0.1) is 11.7 Å². The fourth-order valence-corrected chi connectivity index (χ4v) is 4.03. The number of allylic oxidation sites excluding steroid dienone is 2. The van der Waals surface area contributed by atoms with Crippen molar-refractivity contribution in [1.82, 2.24) is 0 Å². The lowest BCUT2D eigenvalue weighted by Crippen LogP contribution is -2.46. The summed E-state index contributed by atoms with van der Waals surface area (Å²) in [5.74, 6) is -0.548. The molecule has 1 amide bonds. The van der Waals surface area contributed by atoms with Crippen LogP contribution in [0.15, 0.2) is 84.2 Å². The highest BCUT2D eigenvalue weighted by atomic mass is 16.3. The number of amides is 1. The van der Waals surface area contributed by atoms with Gasteiger partial charge in [-0.15, -0.1) is 0 Å². The van der Waals surface area contributed by atoms with Crippen LogP contribution >= 0.6 is 0 Å². The summed E-state index contributed by atoms with van der Waals surface area (Å²) in [4.78, 5) is 15.1. The molecule has 3 heteroatoms. The summed E-state index contributed by atoms with van der Waals surface area (Å²) in [6.45, 7) is 0. The molecule has 2 aromatic rings. The Labute approximate surface area is 139 Å². The summed E-state index contributed by atoms with van der Waals surface area (Å²) < 4.78 is 0. The SMILES string of the molecule is O=C1C(c2ccccc2)C(O)=C2C=CC=C3c4ccccc4N1C32. The van der Waals surface area contributed by atoms with Crippen molar-refractivity contribution >= 4 is 17.2 Å². The molecule has 5 rings (SSSR count). The zero-order chi connectivity index (χ0) is 16.3. The third-order valence-corrected chi connectivity index (χ3v) is 5.06. The number of para-hydroxylation sites is 1. The van der Waals surface area contributed by atoms with Crippen LogP contribution in [0, 0.1) is 0 Å². The summed E-state index contributed by atoms with van der Waals surface area (Å²) >= 11 is 0. The van der Waals surface area contributed by atoms with Gasteiger partial charge in [-0.1, -0.05) is 66.8 Å². The van der Waals surface area contributed by atoms with Crippen molar-refractivity contribution in [3.8, 4) is 0 Å². The van der Waals surface area contributed by atoms with Gasteiger partial charge in [0.25, 0.3) is 0 Å². The maximum atomic E-state index is 13.3. The number of fused-ring (bicyclic) bond motifs is 3. The van der Waals surface area contributed by atoms with E-state index in [-0.39, 0.29) is 17.7 Å². The minimum atomic E-state index is -0.646. The van der Waals surface area contributed by atoms with E-state index in [0.29, 0.717) is 0 Å². The van der Waals surface area contributed by atoms with Crippen LogP contribution in [0.4, 0.5) is 5.69 Å². The van der Waals surface area contributed by atoms with Crippen molar-refractivity contribution in [3.63, 3.8) is 0 Å². The van der Waals surface area contributed by atoms with Gasteiger partial charge in [0.1, 0.15) is 11.7 Å². The van der Waals surface area contributed by atoms with Crippen molar-refractivity contribution in [2.75, 3.05) is 4.90 Å². The zero-order valence-electron chi connectivity index (χ0n) is 12.9. The first kappa shape index (κ1) is 13.4. The molecule has 1 N–H and O–H groups in total. The lowest BCUT2D eigenvalue weighted by Gasteiger charge is -2.37. The molecule has 0 aromatic heterocycles. The summed E-state index contributed by atoms with van der Waals surface area (Å²) in [5, 5.41) is 10.9. The molecule has 0 spiro atoms. The summed E-state index contributed by atoms with van der Waals surface area (Å²) in [6, 6.07) is 17.2. The van der Waals surface area contributed by atoms with Crippen LogP contribution in [0.2, 0.25) is 0 Å². The van der Waals surface area contributed by atoms with Gasteiger partial charge in [-0.2, -0.15) is 0 Å². The van der Waals surface area contributed by atoms with Crippen LogP contribution in [0.25, 0.3) is 5.57 Å². The molecular weight excluding hydrogens is 298 g/mol. The second-order valence-corrected chi connectivity index (χ2v) is 6.29. The molecule has 2 aliphatic heterocycles. The number of hydrogen-bond donors (Lipinski definition) is 1. The van der Waals surface area contributed by atoms with Crippen molar-refractivity contribution in [3.05, 3.63) is 95.3 Å². The third kappa shape index (κ3) is 1.59. The number of aliphatic hydroxyl groups excluding tert-OH is 1. The highest BCUT2D eigenvalue weighted by Crippen LogP contribution is 2.50. The molecule has 0 saturated carbocycles. The van der Waals surface area contributed by atoms with Crippen molar-refractivity contribution < 1.29 is 9.90 Å². The first-order valence-electron chi connectivity index (χ1n) is 8.06. The van der Waals surface area contributed by atoms with E-state index in [9.17, 15) is 9.90 Å². The Morgan fingerprint density at radius 1 is 0.958 bits per heavy atom. The smallest absolute Gasteiger partial charge is 0.243 e. The van der Waals surface area contributed by atoms with Crippen molar-refractivity contribution in [2.45, 2.75) is 12.0 Å². The molecule has 0 radical (unpaired) electrons. The lowest BCUT2D eigenvalue weighted by atomic mass is 9.82. The standard InChI is InChI=1S/C21H15NO2/c23-20-16-11-6-10-15-14-9-4-5-12-17(14)22(19(15)16)21(24)18(20)13-7-2-1-3-8-13/h1-12,18-19,23H. The second kappa shape index (κ2) is 4.71. The monoisotopic (exact) mass is 313 g/mol. The van der Waals surface area contributed by atoms with Gasteiger partial charge in [-0.25, -0.2) is 0 Å². The van der Waals surface area contributed by atoms with Gasteiger partial charge < -0.3 is 5.11 Å². The van der Waals surface area contributed by atoms with E-state index in [1.165, 1.54) is 0 Å². The van der Waals surface area contributed by atoms with Crippen LogP contribution < -0.4 is 4.90 Å². The second-order valence-electron chi connectivity index (χ2n) is 6.29. The van der Waals surface area contributed by atoms with E-state index in [0.717, 1.165) is 28.0 Å². The highest BCUT2D eigenvalue weighted by Gasteiger charge is 2.48. The van der Waals surface area contributed by atoms with Gasteiger partial charge in [0.2, 0.25) is 5.91 Å². The predicted octanol–water partition coefficient (Wildman–Crippen LogP) is 3.96. The minimum Gasteiger partial charge on any atom is -0.511 e. The summed E-state index contributed by atoms with van der Waals surface area (Å²) in [5.41, 5.74) is 4.71. The number of aliphatic hydroxyl groups is 1. The van der Waals surface area contributed by atoms with Gasteiger partial charge in [-0.3, -0.25) is 9.69 Å². The van der Waals surface area contributed by atoms with Crippen LogP contribution in [0.3, 0.4) is 0 Å². The van der Waals surface area contributed by atoms with Gasteiger partial charge in [-0.05, 0) is 17.2 Å². The first-order valence-corrected chi connectivity index (χ1v) is 8.06. The molecule has 2 heterocycles. The minimum absolute atomic E-state index is 0.0707. The van der Waals surface area contributed by atoms with Crippen molar-refractivity contribution in [1.29, 1.82) is 0 Å². The molecule has 2 aromatic carbocycles. The average Bonchev–Trinajstić information content (AvgIpc) is 2.96. The number of hydrogen-bond acceptors (Lipinski definition) is 2. The van der Waals surface area contributed by atoms with E-state index in [4.69, 9.17) is 0 Å². The molecule has 2 unspecified atom stereocenters. The maximum absolute atomic E-state index is 13.3. The maximum Gasteiger partial charge on any atom is 0.243 e. The summed E-state index contributed by atoms with van der Waals surface area (Å²) in [7, 11) is 0. The van der Waals surface area contributed by atoms with Gasteiger partial charge in [0, 0.05) is 11.1 Å². The van der Waals surface area contributed by atoms with Crippen LogP contribution in [0.1, 0.15) is 17.0 Å². The van der Waals surface area contributed by atoms with Crippen molar-refractivity contribution in [2.24, 2.45) is 0 Å². The molecule has 2 atom stereocenters. The Kier molecular flexibility index (Phi) is 2.63. The molecular formula is C21H15NO2. The molecule has 3 aliphatic rings. The Bertz CT molecular complexity index is 953. The predicted molar refractivity (Wildman–Crippen MR) is 93.7 cm³/mol. The van der Waals surface area contributed by atoms with Crippen LogP contribution in [0.5, 0.6) is 0 Å². The Balaban J connectivity index is 1.78. The number of benzene rings is 2. The average molecular weight is 313 g/mol. The Hall–Kier alpha value is -3.07. The molecule has 3 nitrogen and oxygen atoms in total. The fraction of sp³-hybridized carbons (Fsp3) is 0.0952. The fourth-order valence-electron chi connectivity index (χ4n) is 4.03. The highest BCUT2D eigenvalue weighted by molar-refractivity contribution is 6.11. The van der Waals surface area contributed by atoms with E-state index < -0.39 is 5.92 Å². The van der Waals surface area contributed by atoms with E-state index in [1.807, 2.05) is 77.7 Å². The number of carbonyl (C=O) groups excluding carboxylic acids is 1. The quantitative estimate of drug-likeness (QED) is 0.865. The third-order valence-electron chi connectivity index (χ3n) is 5.06. The topological polar surface area (TPSA) is 40.5 Å². The zero-order valence-corrected chi connectivity index (χ0v) is 12.9. The molecule has 0 saturated heterocycles. The molecule has 24 heavy (non-hydrogen) atoms. The molecule has 0 bridgehead atoms.